The Kier molecular flexibility index (Phi) is 8.42. The van der Waals surface area contributed by atoms with Gasteiger partial charge in [0.15, 0.2) is 0 Å². The Morgan fingerprint density at radius 3 is 2.47 bits per heavy atom. The first-order valence-corrected chi connectivity index (χ1v) is 12.4. The van der Waals surface area contributed by atoms with Crippen LogP contribution in [0.15, 0.2) is 55.1 Å². The van der Waals surface area contributed by atoms with Gasteiger partial charge in [-0.05, 0) is 57.9 Å². The van der Waals surface area contributed by atoms with Crippen LogP contribution in [0.2, 0.25) is 0 Å². The predicted octanol–water partition coefficient (Wildman–Crippen LogP) is 5.24. The molecule has 0 aromatic heterocycles. The molecule has 1 atom stereocenters. The Morgan fingerprint density at radius 2 is 1.82 bits per heavy atom. The fourth-order valence-electron chi connectivity index (χ4n) is 5.08. The van der Waals surface area contributed by atoms with Gasteiger partial charge in [0.25, 0.3) is 5.91 Å². The molecule has 1 saturated heterocycles. The SMILES string of the molecule is C=CCN1CC(C)N(c2c(Cc3ccccc3C(=O)N(CC)CC)cccc2OC)CC1(C)C. The minimum absolute atomic E-state index is 0.00451. The largest absolute Gasteiger partial charge is 0.495 e. The molecule has 1 aliphatic rings. The summed E-state index contributed by atoms with van der Waals surface area (Å²) in [5, 5.41) is 0. The van der Waals surface area contributed by atoms with Gasteiger partial charge in [0.05, 0.1) is 12.8 Å². The molecule has 1 amide bonds. The van der Waals surface area contributed by atoms with Crippen LogP contribution in [0.25, 0.3) is 0 Å². The lowest BCUT2D eigenvalue weighted by molar-refractivity contribution is 0.0772. The lowest BCUT2D eigenvalue weighted by atomic mass is 9.92. The molecule has 2 aromatic carbocycles. The number of ether oxygens (including phenoxy) is 1. The van der Waals surface area contributed by atoms with E-state index < -0.39 is 0 Å². The van der Waals surface area contributed by atoms with E-state index in [0.717, 1.165) is 42.2 Å². The number of anilines is 1. The number of para-hydroxylation sites is 1. The van der Waals surface area contributed by atoms with Crippen molar-refractivity contribution in [1.29, 1.82) is 0 Å². The second kappa shape index (κ2) is 11.1. The number of benzene rings is 2. The molecule has 3 rings (SSSR count). The zero-order valence-electron chi connectivity index (χ0n) is 21.8. The van der Waals surface area contributed by atoms with Gasteiger partial charge in [-0.1, -0.05) is 36.4 Å². The molecule has 34 heavy (non-hydrogen) atoms. The summed E-state index contributed by atoms with van der Waals surface area (Å²) in [6.07, 6.45) is 2.66. The summed E-state index contributed by atoms with van der Waals surface area (Å²) in [5.74, 6) is 0.974. The summed E-state index contributed by atoms with van der Waals surface area (Å²) in [7, 11) is 1.74. The summed E-state index contributed by atoms with van der Waals surface area (Å²) in [4.78, 5) is 20.1. The molecule has 0 saturated carbocycles. The number of piperazine rings is 1. The molecular formula is C29H41N3O2. The highest BCUT2D eigenvalue weighted by Gasteiger charge is 2.38. The van der Waals surface area contributed by atoms with Gasteiger partial charge in [0, 0.05) is 56.3 Å². The topological polar surface area (TPSA) is 36.0 Å². The molecule has 5 heteroatoms. The number of hydrogen-bond acceptors (Lipinski definition) is 4. The number of carbonyl (C=O) groups is 1. The van der Waals surface area contributed by atoms with E-state index >= 15 is 0 Å². The molecule has 1 unspecified atom stereocenters. The van der Waals surface area contributed by atoms with Crippen LogP contribution in [0.1, 0.15) is 56.1 Å². The van der Waals surface area contributed by atoms with Crippen LogP contribution in [0.5, 0.6) is 5.75 Å². The van der Waals surface area contributed by atoms with Crippen LogP contribution >= 0.6 is 0 Å². The number of amides is 1. The van der Waals surface area contributed by atoms with Crippen LogP contribution in [0, 0.1) is 0 Å². The standard InChI is InChI=1S/C29H41N3O2/c1-8-18-31-20-22(4)32(21-29(31,5)6)27-24(15-13-17-26(27)34-7)19-23-14-11-12-16-25(23)28(33)30(9-2)10-3/h8,11-17,22H,1,9-10,18-21H2,2-7H3. The van der Waals surface area contributed by atoms with Gasteiger partial charge >= 0.3 is 0 Å². The number of methoxy groups -OCH3 is 1. The Bertz CT molecular complexity index is 997. The monoisotopic (exact) mass is 463 g/mol. The van der Waals surface area contributed by atoms with E-state index in [-0.39, 0.29) is 11.4 Å². The van der Waals surface area contributed by atoms with Gasteiger partial charge in [-0.25, -0.2) is 0 Å². The van der Waals surface area contributed by atoms with E-state index in [0.29, 0.717) is 25.6 Å². The summed E-state index contributed by atoms with van der Waals surface area (Å²) < 4.78 is 5.87. The van der Waals surface area contributed by atoms with Gasteiger partial charge in [0.2, 0.25) is 0 Å². The van der Waals surface area contributed by atoms with Crippen molar-refractivity contribution in [2.45, 2.75) is 52.6 Å². The Balaban J connectivity index is 2.02. The first-order valence-electron chi connectivity index (χ1n) is 12.4. The quantitative estimate of drug-likeness (QED) is 0.476. The van der Waals surface area contributed by atoms with Gasteiger partial charge < -0.3 is 14.5 Å². The summed E-state index contributed by atoms with van der Waals surface area (Å²) >= 11 is 0. The molecule has 184 valence electrons. The van der Waals surface area contributed by atoms with E-state index in [1.807, 2.05) is 49.1 Å². The average molecular weight is 464 g/mol. The number of nitrogens with zero attached hydrogens (tertiary/aromatic N) is 3. The highest BCUT2D eigenvalue weighted by atomic mass is 16.5. The molecule has 0 aliphatic carbocycles. The lowest BCUT2D eigenvalue weighted by Gasteiger charge is -2.51. The summed E-state index contributed by atoms with van der Waals surface area (Å²) in [6.45, 7) is 19.0. The van der Waals surface area contributed by atoms with Crippen LogP contribution in [0.4, 0.5) is 5.69 Å². The van der Waals surface area contributed by atoms with Gasteiger partial charge in [0.1, 0.15) is 5.75 Å². The van der Waals surface area contributed by atoms with E-state index in [1.54, 1.807) is 7.11 Å². The number of carbonyl (C=O) groups excluding carboxylic acids is 1. The maximum absolute atomic E-state index is 13.2. The lowest BCUT2D eigenvalue weighted by Crippen LogP contribution is -2.62. The average Bonchev–Trinajstić information content (AvgIpc) is 2.82. The molecule has 0 spiro atoms. The zero-order valence-corrected chi connectivity index (χ0v) is 21.8. The van der Waals surface area contributed by atoms with Crippen LogP contribution in [-0.2, 0) is 6.42 Å². The molecule has 0 bridgehead atoms. The van der Waals surface area contributed by atoms with Gasteiger partial charge in [-0.2, -0.15) is 0 Å². The molecular weight excluding hydrogens is 422 g/mol. The molecule has 5 nitrogen and oxygen atoms in total. The third-order valence-corrected chi connectivity index (χ3v) is 7.05. The third kappa shape index (κ3) is 5.30. The fraction of sp³-hybridized carbons (Fsp3) is 0.483. The third-order valence-electron chi connectivity index (χ3n) is 7.05. The Morgan fingerprint density at radius 1 is 1.15 bits per heavy atom. The Hall–Kier alpha value is -2.79. The maximum atomic E-state index is 13.2. The minimum atomic E-state index is -0.00451. The van der Waals surface area contributed by atoms with Crippen molar-refractivity contribution < 1.29 is 9.53 Å². The molecule has 0 N–H and O–H groups in total. The van der Waals surface area contributed by atoms with Crippen molar-refractivity contribution in [2.24, 2.45) is 0 Å². The smallest absolute Gasteiger partial charge is 0.254 e. The van der Waals surface area contributed by atoms with Crippen molar-refractivity contribution in [3.63, 3.8) is 0 Å². The van der Waals surface area contributed by atoms with Crippen LogP contribution < -0.4 is 9.64 Å². The first-order chi connectivity index (χ1) is 16.3. The number of rotatable bonds is 9. The van der Waals surface area contributed by atoms with Crippen molar-refractivity contribution in [3.05, 3.63) is 71.8 Å². The second-order valence-corrected chi connectivity index (χ2v) is 9.76. The summed E-state index contributed by atoms with van der Waals surface area (Å²) in [6, 6.07) is 14.6. The van der Waals surface area contributed by atoms with Crippen molar-refractivity contribution in [2.75, 3.05) is 44.7 Å². The van der Waals surface area contributed by atoms with Gasteiger partial charge in [-0.3, -0.25) is 9.69 Å². The highest BCUT2D eigenvalue weighted by molar-refractivity contribution is 5.95. The predicted molar refractivity (Wildman–Crippen MR) is 142 cm³/mol. The highest BCUT2D eigenvalue weighted by Crippen LogP contribution is 2.39. The Labute approximate surface area is 206 Å². The normalized spacial score (nSPS) is 17.9. The van der Waals surface area contributed by atoms with E-state index in [9.17, 15) is 4.79 Å². The zero-order chi connectivity index (χ0) is 24.9. The molecule has 2 aromatic rings. The van der Waals surface area contributed by atoms with E-state index in [4.69, 9.17) is 4.74 Å². The number of hydrogen-bond donors (Lipinski definition) is 0. The van der Waals surface area contributed by atoms with Crippen molar-refractivity contribution >= 4 is 11.6 Å². The molecule has 1 fully saturated rings. The van der Waals surface area contributed by atoms with Crippen molar-refractivity contribution in [1.82, 2.24) is 9.80 Å². The fourth-order valence-corrected chi connectivity index (χ4v) is 5.08. The second-order valence-electron chi connectivity index (χ2n) is 9.76. The van der Waals surface area contributed by atoms with Crippen LogP contribution in [-0.4, -0.2) is 67.1 Å². The molecule has 0 radical (unpaired) electrons. The van der Waals surface area contributed by atoms with E-state index in [2.05, 4.69) is 55.3 Å². The molecule has 1 heterocycles. The minimum Gasteiger partial charge on any atom is -0.495 e. The van der Waals surface area contributed by atoms with Gasteiger partial charge in [-0.15, -0.1) is 6.58 Å². The van der Waals surface area contributed by atoms with Crippen LogP contribution in [0.3, 0.4) is 0 Å². The van der Waals surface area contributed by atoms with E-state index in [1.165, 1.54) is 5.56 Å². The summed E-state index contributed by atoms with van der Waals surface area (Å²) in [5.41, 5.74) is 4.14. The van der Waals surface area contributed by atoms with Crippen molar-refractivity contribution in [3.8, 4) is 5.75 Å². The first kappa shape index (κ1) is 25.8. The maximum Gasteiger partial charge on any atom is 0.254 e. The molecule has 1 aliphatic heterocycles.